The van der Waals surface area contributed by atoms with E-state index in [1.54, 1.807) is 0 Å². The van der Waals surface area contributed by atoms with E-state index >= 15 is 0 Å². The number of rotatable bonds is 4. The van der Waals surface area contributed by atoms with Crippen LogP contribution in [-0.2, 0) is 17.1 Å². The molecule has 2 aliphatic rings. The predicted octanol–water partition coefficient (Wildman–Crippen LogP) is 4.93. The average molecular weight is 367 g/mol. The van der Waals surface area contributed by atoms with Crippen LogP contribution < -0.4 is 4.74 Å². The van der Waals surface area contributed by atoms with Crippen LogP contribution in [0.3, 0.4) is 0 Å². The van der Waals surface area contributed by atoms with E-state index in [0.717, 1.165) is 35.6 Å². The molecule has 1 saturated carbocycles. The molecule has 0 saturated heterocycles. The molecular weight excluding hydrogens is 348 g/mol. The zero-order valence-corrected chi connectivity index (χ0v) is 14.9. The number of aromatic nitrogens is 2. The van der Waals surface area contributed by atoms with Gasteiger partial charge in [-0.05, 0) is 25.0 Å². The zero-order chi connectivity index (χ0) is 16.4. The Hall–Kier alpha value is -1.24. The maximum absolute atomic E-state index is 6.20. The Morgan fingerprint density at radius 2 is 2.04 bits per heavy atom. The highest BCUT2D eigenvalue weighted by atomic mass is 35.5. The molecule has 128 valence electrons. The first-order valence-electron chi connectivity index (χ1n) is 8.27. The Labute approximate surface area is 150 Å². The number of hydrogen-bond acceptors (Lipinski definition) is 6. The standard InChI is InChI=1S/C17H19ClN2O3S/c18-14-6-12-8-21-10-22-15(12)13(7-14)9-24-17-20-19-16(23-17)11-4-2-1-3-5-11/h6-7,11H,1-5,8-10H2. The summed E-state index contributed by atoms with van der Waals surface area (Å²) >= 11 is 7.72. The van der Waals surface area contributed by atoms with Crippen LogP contribution in [0.1, 0.15) is 55.0 Å². The lowest BCUT2D eigenvalue weighted by Crippen LogP contribution is -2.12. The van der Waals surface area contributed by atoms with Gasteiger partial charge in [0.15, 0.2) is 6.79 Å². The molecule has 24 heavy (non-hydrogen) atoms. The molecule has 0 radical (unpaired) electrons. The highest BCUT2D eigenvalue weighted by Crippen LogP contribution is 2.37. The maximum atomic E-state index is 6.20. The second kappa shape index (κ2) is 7.33. The molecule has 1 aromatic heterocycles. The molecule has 1 fully saturated rings. The fraction of sp³-hybridized carbons (Fsp3) is 0.529. The fourth-order valence-corrected chi connectivity index (χ4v) is 4.30. The van der Waals surface area contributed by atoms with Crippen LogP contribution in [0.4, 0.5) is 0 Å². The minimum atomic E-state index is 0.276. The van der Waals surface area contributed by atoms with Crippen molar-refractivity contribution in [3.05, 3.63) is 34.2 Å². The summed E-state index contributed by atoms with van der Waals surface area (Å²) in [7, 11) is 0. The summed E-state index contributed by atoms with van der Waals surface area (Å²) in [6.07, 6.45) is 6.13. The number of hydrogen-bond donors (Lipinski definition) is 0. The van der Waals surface area contributed by atoms with Gasteiger partial charge in [0.1, 0.15) is 5.75 Å². The van der Waals surface area contributed by atoms with Crippen molar-refractivity contribution in [2.45, 2.75) is 55.6 Å². The lowest BCUT2D eigenvalue weighted by Gasteiger charge is -2.20. The van der Waals surface area contributed by atoms with Crippen LogP contribution in [0, 0.1) is 0 Å². The Bertz CT molecular complexity index is 716. The van der Waals surface area contributed by atoms with Crippen molar-refractivity contribution >= 4 is 23.4 Å². The zero-order valence-electron chi connectivity index (χ0n) is 13.3. The smallest absolute Gasteiger partial charge is 0.276 e. The molecule has 0 amide bonds. The quantitative estimate of drug-likeness (QED) is 0.715. The first-order chi connectivity index (χ1) is 11.8. The van der Waals surface area contributed by atoms with Gasteiger partial charge >= 0.3 is 0 Å². The van der Waals surface area contributed by atoms with Crippen molar-refractivity contribution < 1.29 is 13.9 Å². The topological polar surface area (TPSA) is 57.4 Å². The molecule has 4 rings (SSSR count). The molecule has 1 aliphatic heterocycles. The van der Waals surface area contributed by atoms with Crippen molar-refractivity contribution in [1.29, 1.82) is 0 Å². The minimum absolute atomic E-state index is 0.276. The van der Waals surface area contributed by atoms with E-state index in [1.807, 2.05) is 12.1 Å². The van der Waals surface area contributed by atoms with E-state index in [2.05, 4.69) is 10.2 Å². The van der Waals surface area contributed by atoms with Gasteiger partial charge in [0.2, 0.25) is 5.89 Å². The molecule has 0 bridgehead atoms. The molecule has 5 nitrogen and oxygen atoms in total. The summed E-state index contributed by atoms with van der Waals surface area (Å²) in [5, 5.41) is 9.73. The van der Waals surface area contributed by atoms with Gasteiger partial charge in [-0.3, -0.25) is 0 Å². The first kappa shape index (κ1) is 16.2. The Morgan fingerprint density at radius 1 is 1.17 bits per heavy atom. The largest absolute Gasteiger partial charge is 0.467 e. The molecule has 2 heterocycles. The van der Waals surface area contributed by atoms with Crippen molar-refractivity contribution in [2.75, 3.05) is 6.79 Å². The number of benzene rings is 1. The van der Waals surface area contributed by atoms with Crippen molar-refractivity contribution in [3.8, 4) is 5.75 Å². The molecule has 7 heteroatoms. The second-order valence-electron chi connectivity index (χ2n) is 6.19. The first-order valence-corrected chi connectivity index (χ1v) is 9.64. The summed E-state index contributed by atoms with van der Waals surface area (Å²) in [6, 6.07) is 3.81. The highest BCUT2D eigenvalue weighted by Gasteiger charge is 2.22. The van der Waals surface area contributed by atoms with Crippen molar-refractivity contribution in [2.24, 2.45) is 0 Å². The number of thioether (sulfide) groups is 1. The second-order valence-corrected chi connectivity index (χ2v) is 7.56. The summed E-state index contributed by atoms with van der Waals surface area (Å²) in [5.74, 6) is 2.76. The van der Waals surface area contributed by atoms with Gasteiger partial charge in [-0.25, -0.2) is 0 Å². The van der Waals surface area contributed by atoms with E-state index < -0.39 is 0 Å². The Kier molecular flexibility index (Phi) is 4.96. The summed E-state index contributed by atoms with van der Waals surface area (Å²) < 4.78 is 16.8. The predicted molar refractivity (Wildman–Crippen MR) is 91.4 cm³/mol. The Balaban J connectivity index is 1.45. The number of nitrogens with zero attached hydrogens (tertiary/aromatic N) is 2. The number of halogens is 1. The summed E-state index contributed by atoms with van der Waals surface area (Å²) in [6.45, 7) is 0.804. The molecule has 0 spiro atoms. The van der Waals surface area contributed by atoms with Gasteiger partial charge in [-0.1, -0.05) is 42.6 Å². The maximum Gasteiger partial charge on any atom is 0.276 e. The lowest BCUT2D eigenvalue weighted by atomic mass is 9.89. The van der Waals surface area contributed by atoms with Gasteiger partial charge in [0.25, 0.3) is 5.22 Å². The third kappa shape index (κ3) is 3.55. The number of ether oxygens (including phenoxy) is 2. The summed E-state index contributed by atoms with van der Waals surface area (Å²) in [5.41, 5.74) is 2.01. The molecule has 0 atom stereocenters. The molecule has 2 aromatic rings. The molecule has 0 N–H and O–H groups in total. The normalized spacial score (nSPS) is 18.2. The van der Waals surface area contributed by atoms with Gasteiger partial charge in [-0.15, -0.1) is 10.2 Å². The third-order valence-electron chi connectivity index (χ3n) is 4.48. The van der Waals surface area contributed by atoms with E-state index in [-0.39, 0.29) is 6.79 Å². The van der Waals surface area contributed by atoms with Crippen LogP contribution in [-0.4, -0.2) is 17.0 Å². The van der Waals surface area contributed by atoms with Crippen LogP contribution >= 0.6 is 23.4 Å². The SMILES string of the molecule is Clc1cc2c(c(CSc3nnc(C4CCCCC4)o3)c1)OCOC2. The van der Waals surface area contributed by atoms with Gasteiger partial charge in [0, 0.05) is 27.8 Å². The molecule has 1 aromatic carbocycles. The Morgan fingerprint density at radius 3 is 2.92 bits per heavy atom. The summed E-state index contributed by atoms with van der Waals surface area (Å²) in [4.78, 5) is 0. The molecular formula is C17H19ClN2O3S. The van der Waals surface area contributed by atoms with Crippen molar-refractivity contribution in [3.63, 3.8) is 0 Å². The van der Waals surface area contributed by atoms with Gasteiger partial charge < -0.3 is 13.9 Å². The lowest BCUT2D eigenvalue weighted by molar-refractivity contribution is -0.0168. The van der Waals surface area contributed by atoms with Crippen molar-refractivity contribution in [1.82, 2.24) is 10.2 Å². The van der Waals surface area contributed by atoms with E-state index in [4.69, 9.17) is 25.5 Å². The van der Waals surface area contributed by atoms with Crippen LogP contribution in [0.2, 0.25) is 5.02 Å². The minimum Gasteiger partial charge on any atom is -0.467 e. The molecule has 1 aliphatic carbocycles. The van der Waals surface area contributed by atoms with E-state index in [9.17, 15) is 0 Å². The third-order valence-corrected chi connectivity index (χ3v) is 5.56. The molecule has 0 unspecified atom stereocenters. The van der Waals surface area contributed by atoms with Crippen LogP contribution in [0.25, 0.3) is 0 Å². The van der Waals surface area contributed by atoms with Gasteiger partial charge in [0.05, 0.1) is 6.61 Å². The fourth-order valence-electron chi connectivity index (χ4n) is 3.30. The van der Waals surface area contributed by atoms with E-state index in [0.29, 0.717) is 28.5 Å². The average Bonchev–Trinajstić information content (AvgIpc) is 3.09. The van der Waals surface area contributed by atoms with Gasteiger partial charge in [-0.2, -0.15) is 0 Å². The van der Waals surface area contributed by atoms with Crippen LogP contribution in [0.5, 0.6) is 5.75 Å². The monoisotopic (exact) mass is 366 g/mol. The number of fused-ring (bicyclic) bond motifs is 1. The van der Waals surface area contributed by atoms with Crippen LogP contribution in [0.15, 0.2) is 21.8 Å². The van der Waals surface area contributed by atoms with E-state index in [1.165, 1.54) is 31.0 Å². The highest BCUT2D eigenvalue weighted by molar-refractivity contribution is 7.98.